The SMILES string of the molecule is CCCCC/C=C\C/C=C\C/C=C\CCCCCCC(=O)OC(CCCCCCC/C=C\CCCCCC)CC(=O)NC(CO)C(O)CCCCCCCCCCCCCC. The summed E-state index contributed by atoms with van der Waals surface area (Å²) < 4.78 is 5.93. The Morgan fingerprint density at radius 3 is 1.33 bits per heavy atom. The minimum Gasteiger partial charge on any atom is -0.462 e. The van der Waals surface area contributed by atoms with Crippen LogP contribution in [0.4, 0.5) is 0 Å². The summed E-state index contributed by atoms with van der Waals surface area (Å²) in [4.78, 5) is 26.1. The molecule has 0 radical (unpaired) electrons. The molecule has 0 aromatic rings. The Hall–Kier alpha value is -2.18. The first kappa shape index (κ1) is 58.8. The van der Waals surface area contributed by atoms with Crippen LogP contribution in [0, 0.1) is 0 Å². The van der Waals surface area contributed by atoms with E-state index in [4.69, 9.17) is 4.74 Å². The van der Waals surface area contributed by atoms with Crippen LogP contribution in [0.2, 0.25) is 0 Å². The molecule has 0 saturated carbocycles. The van der Waals surface area contributed by atoms with E-state index in [1.165, 1.54) is 128 Å². The molecular formula is C55H101NO5. The Kier molecular flexibility index (Phi) is 47.1. The van der Waals surface area contributed by atoms with Crippen LogP contribution < -0.4 is 5.32 Å². The molecule has 61 heavy (non-hydrogen) atoms. The molecule has 0 aromatic carbocycles. The maximum Gasteiger partial charge on any atom is 0.306 e. The molecule has 0 rings (SSSR count). The maximum atomic E-state index is 13.2. The van der Waals surface area contributed by atoms with Gasteiger partial charge in [0.15, 0.2) is 0 Å². The zero-order valence-electron chi connectivity index (χ0n) is 40.5. The number of hydrogen-bond donors (Lipinski definition) is 3. The second-order valence-corrected chi connectivity index (χ2v) is 17.9. The zero-order valence-corrected chi connectivity index (χ0v) is 40.5. The van der Waals surface area contributed by atoms with Crippen LogP contribution in [-0.4, -0.2) is 46.9 Å². The van der Waals surface area contributed by atoms with Crippen molar-refractivity contribution in [2.75, 3.05) is 6.61 Å². The smallest absolute Gasteiger partial charge is 0.306 e. The third-order valence-corrected chi connectivity index (χ3v) is 11.9. The fourth-order valence-electron chi connectivity index (χ4n) is 7.84. The highest BCUT2D eigenvalue weighted by molar-refractivity contribution is 5.77. The molecule has 1 amide bonds. The maximum absolute atomic E-state index is 13.2. The Balaban J connectivity index is 4.61. The normalized spacial score (nSPS) is 13.6. The Labute approximate surface area is 378 Å². The number of amides is 1. The summed E-state index contributed by atoms with van der Waals surface area (Å²) in [5.74, 6) is -0.502. The van der Waals surface area contributed by atoms with Crippen LogP contribution in [0.1, 0.15) is 265 Å². The molecule has 0 bridgehead atoms. The van der Waals surface area contributed by atoms with Gasteiger partial charge in [-0.15, -0.1) is 0 Å². The molecular weight excluding hydrogens is 755 g/mol. The lowest BCUT2D eigenvalue weighted by Crippen LogP contribution is -2.46. The summed E-state index contributed by atoms with van der Waals surface area (Å²) in [5.41, 5.74) is 0. The van der Waals surface area contributed by atoms with Crippen molar-refractivity contribution in [2.24, 2.45) is 0 Å². The van der Waals surface area contributed by atoms with E-state index in [0.29, 0.717) is 19.3 Å². The highest BCUT2D eigenvalue weighted by atomic mass is 16.5. The summed E-state index contributed by atoms with van der Waals surface area (Å²) in [6, 6.07) is -0.708. The van der Waals surface area contributed by atoms with E-state index in [9.17, 15) is 19.8 Å². The van der Waals surface area contributed by atoms with E-state index < -0.39 is 18.2 Å². The number of rotatable bonds is 47. The third-order valence-electron chi connectivity index (χ3n) is 11.9. The van der Waals surface area contributed by atoms with Crippen LogP contribution in [0.25, 0.3) is 0 Å². The summed E-state index contributed by atoms with van der Waals surface area (Å²) in [5, 5.41) is 23.8. The molecule has 0 fully saturated rings. The van der Waals surface area contributed by atoms with Crippen molar-refractivity contribution >= 4 is 11.9 Å². The van der Waals surface area contributed by atoms with Crippen LogP contribution in [0.3, 0.4) is 0 Å². The Morgan fingerprint density at radius 2 is 0.836 bits per heavy atom. The molecule has 0 spiro atoms. The van der Waals surface area contributed by atoms with Crippen molar-refractivity contribution in [3.8, 4) is 0 Å². The molecule has 0 heterocycles. The molecule has 3 atom stereocenters. The lowest BCUT2D eigenvalue weighted by atomic mass is 10.0. The van der Waals surface area contributed by atoms with Crippen LogP contribution in [0.15, 0.2) is 48.6 Å². The predicted octanol–water partition coefficient (Wildman–Crippen LogP) is 15.8. The van der Waals surface area contributed by atoms with E-state index in [2.05, 4.69) is 74.7 Å². The number of nitrogens with one attached hydrogen (secondary N) is 1. The van der Waals surface area contributed by atoms with Crippen LogP contribution in [0.5, 0.6) is 0 Å². The minimum absolute atomic E-state index is 0.0634. The fraction of sp³-hybridized carbons (Fsp3) is 0.818. The van der Waals surface area contributed by atoms with Gasteiger partial charge in [-0.05, 0) is 89.9 Å². The number of aliphatic hydroxyl groups excluding tert-OH is 2. The summed E-state index contributed by atoms with van der Waals surface area (Å²) in [6.45, 7) is 6.44. The molecule has 3 N–H and O–H groups in total. The molecule has 0 saturated heterocycles. The van der Waals surface area contributed by atoms with E-state index in [1.54, 1.807) is 0 Å². The van der Waals surface area contributed by atoms with Crippen molar-refractivity contribution in [2.45, 2.75) is 283 Å². The number of carbonyl (C=O) groups excluding carboxylic acids is 2. The number of carbonyl (C=O) groups is 2. The highest BCUT2D eigenvalue weighted by Crippen LogP contribution is 2.17. The average Bonchev–Trinajstić information content (AvgIpc) is 3.25. The predicted molar refractivity (Wildman–Crippen MR) is 264 cm³/mol. The van der Waals surface area contributed by atoms with Crippen LogP contribution in [-0.2, 0) is 14.3 Å². The number of hydrogen-bond acceptors (Lipinski definition) is 5. The lowest BCUT2D eigenvalue weighted by molar-refractivity contribution is -0.151. The van der Waals surface area contributed by atoms with E-state index >= 15 is 0 Å². The molecule has 6 heteroatoms. The van der Waals surface area contributed by atoms with Crippen molar-refractivity contribution in [1.29, 1.82) is 0 Å². The van der Waals surface area contributed by atoms with Gasteiger partial charge < -0.3 is 20.3 Å². The van der Waals surface area contributed by atoms with Crippen molar-refractivity contribution < 1.29 is 24.5 Å². The van der Waals surface area contributed by atoms with Gasteiger partial charge >= 0.3 is 5.97 Å². The van der Waals surface area contributed by atoms with Crippen molar-refractivity contribution in [1.82, 2.24) is 5.32 Å². The van der Waals surface area contributed by atoms with E-state index in [-0.39, 0.29) is 24.9 Å². The van der Waals surface area contributed by atoms with Gasteiger partial charge in [0.05, 0.1) is 25.2 Å². The first-order chi connectivity index (χ1) is 30.0. The number of ether oxygens (including phenoxy) is 1. The van der Waals surface area contributed by atoms with Gasteiger partial charge in [-0.1, -0.05) is 211 Å². The molecule has 0 aliphatic heterocycles. The quantitative estimate of drug-likeness (QED) is 0.0322. The molecule has 356 valence electrons. The Bertz CT molecular complexity index is 1050. The van der Waals surface area contributed by atoms with Gasteiger partial charge in [0.2, 0.25) is 5.91 Å². The minimum atomic E-state index is -0.793. The molecule has 0 aromatic heterocycles. The van der Waals surface area contributed by atoms with Gasteiger partial charge in [0.1, 0.15) is 6.10 Å². The number of allylic oxidation sites excluding steroid dienone is 8. The molecule has 6 nitrogen and oxygen atoms in total. The summed E-state index contributed by atoms with van der Waals surface area (Å²) >= 11 is 0. The first-order valence-electron chi connectivity index (χ1n) is 26.4. The van der Waals surface area contributed by atoms with Gasteiger partial charge in [-0.25, -0.2) is 0 Å². The second-order valence-electron chi connectivity index (χ2n) is 17.9. The van der Waals surface area contributed by atoms with Crippen molar-refractivity contribution in [3.05, 3.63) is 48.6 Å². The Morgan fingerprint density at radius 1 is 0.475 bits per heavy atom. The monoisotopic (exact) mass is 856 g/mol. The number of aliphatic hydroxyl groups is 2. The van der Waals surface area contributed by atoms with Gasteiger partial charge in [0.25, 0.3) is 0 Å². The molecule has 0 aliphatic rings. The van der Waals surface area contributed by atoms with E-state index in [1.807, 2.05) is 0 Å². The first-order valence-corrected chi connectivity index (χ1v) is 26.4. The fourth-order valence-corrected chi connectivity index (χ4v) is 7.84. The van der Waals surface area contributed by atoms with Gasteiger partial charge in [-0.2, -0.15) is 0 Å². The summed E-state index contributed by atoms with van der Waals surface area (Å²) in [6.07, 6.45) is 58.8. The zero-order chi connectivity index (χ0) is 44.5. The molecule has 0 aliphatic carbocycles. The standard InChI is InChI=1S/C55H101NO5/c1-4-7-10-13-16-19-22-25-26-27-28-30-33-36-39-42-45-48-55(60)61-51(46-43-40-37-34-31-29-23-20-17-14-11-8-5-2)49-54(59)56-52(50-57)53(58)47-44-41-38-35-32-24-21-18-15-12-9-6-3/h16,19-20,23,25-26,28,30,51-53,57-58H,4-15,17-18,21-22,24,27,29,31-50H2,1-3H3,(H,56,59)/b19-16-,23-20-,26-25-,30-28-. The van der Waals surface area contributed by atoms with Crippen molar-refractivity contribution in [3.63, 3.8) is 0 Å². The summed E-state index contributed by atoms with van der Waals surface area (Å²) in [7, 11) is 0. The lowest BCUT2D eigenvalue weighted by Gasteiger charge is -2.24. The van der Waals surface area contributed by atoms with Gasteiger partial charge in [-0.3, -0.25) is 9.59 Å². The van der Waals surface area contributed by atoms with E-state index in [0.717, 1.165) is 89.9 Å². The largest absolute Gasteiger partial charge is 0.462 e. The van der Waals surface area contributed by atoms with Gasteiger partial charge in [0, 0.05) is 6.42 Å². The second kappa shape index (κ2) is 48.8. The topological polar surface area (TPSA) is 95.9 Å². The van der Waals surface area contributed by atoms with Crippen LogP contribution >= 0.6 is 0 Å². The number of unbranched alkanes of at least 4 members (excludes halogenated alkanes) is 27. The number of esters is 1. The highest BCUT2D eigenvalue weighted by Gasteiger charge is 2.24. The third kappa shape index (κ3) is 44.2. The molecule has 3 unspecified atom stereocenters. The average molecular weight is 856 g/mol.